The Morgan fingerprint density at radius 1 is 1.75 bits per heavy atom. The Morgan fingerprint density at radius 3 is 3.17 bits per heavy atom. The van der Waals surface area contributed by atoms with Crippen LogP contribution in [0.5, 0.6) is 0 Å². The molecule has 1 aliphatic heterocycles. The van der Waals surface area contributed by atoms with Crippen molar-refractivity contribution in [1.82, 2.24) is 5.32 Å². The molecule has 0 aliphatic carbocycles. The number of hydrogen-bond acceptors (Lipinski definition) is 4. The van der Waals surface area contributed by atoms with E-state index in [0.29, 0.717) is 6.42 Å². The molecule has 0 fully saturated rings. The second-order valence-electron chi connectivity index (χ2n) is 2.53. The van der Waals surface area contributed by atoms with Gasteiger partial charge in [-0.05, 0) is 6.42 Å². The highest BCUT2D eigenvalue weighted by molar-refractivity contribution is 8.13. The summed E-state index contributed by atoms with van der Waals surface area (Å²) in [5.74, 6) is 0.472. The number of amides is 1. The molecular weight excluding hydrogens is 174 g/mol. The first kappa shape index (κ1) is 9.38. The van der Waals surface area contributed by atoms with Gasteiger partial charge in [-0.3, -0.25) is 9.79 Å². The zero-order chi connectivity index (χ0) is 8.81. The molecule has 0 aromatic carbocycles. The number of amidine groups is 1. The minimum Gasteiger partial charge on any atom is -0.370 e. The predicted octanol–water partition coefficient (Wildman–Crippen LogP) is -0.0557. The van der Waals surface area contributed by atoms with Gasteiger partial charge in [0.25, 0.3) is 0 Å². The number of carbonyl (C=O) groups is 1. The summed E-state index contributed by atoms with van der Waals surface area (Å²) < 4.78 is 0. The first-order valence-electron chi connectivity index (χ1n) is 3.98. The summed E-state index contributed by atoms with van der Waals surface area (Å²) in [5.41, 5.74) is 5.00. The number of rotatable bonds is 3. The van der Waals surface area contributed by atoms with Crippen molar-refractivity contribution in [2.24, 2.45) is 10.7 Å². The van der Waals surface area contributed by atoms with E-state index in [-0.39, 0.29) is 5.91 Å². The van der Waals surface area contributed by atoms with E-state index in [4.69, 9.17) is 5.73 Å². The van der Waals surface area contributed by atoms with Crippen LogP contribution in [-0.4, -0.2) is 29.9 Å². The minimum absolute atomic E-state index is 0.251. The summed E-state index contributed by atoms with van der Waals surface area (Å²) >= 11 is 1.56. The quantitative estimate of drug-likeness (QED) is 0.650. The fourth-order valence-electron chi connectivity index (χ4n) is 0.856. The molecule has 0 saturated carbocycles. The van der Waals surface area contributed by atoms with Crippen LogP contribution >= 0.6 is 11.8 Å². The maximum absolute atomic E-state index is 10.4. The predicted molar refractivity (Wildman–Crippen MR) is 51.2 cm³/mol. The van der Waals surface area contributed by atoms with Crippen molar-refractivity contribution >= 4 is 22.8 Å². The van der Waals surface area contributed by atoms with Crippen LogP contribution in [0.15, 0.2) is 4.99 Å². The lowest BCUT2D eigenvalue weighted by molar-refractivity contribution is -0.117. The molecule has 1 rings (SSSR count). The molecule has 12 heavy (non-hydrogen) atoms. The first-order valence-corrected chi connectivity index (χ1v) is 4.97. The van der Waals surface area contributed by atoms with E-state index in [0.717, 1.165) is 30.4 Å². The second kappa shape index (κ2) is 5.03. The SMILES string of the molecule is NC(=O)CCSC1=NCCCN1. The zero-order valence-electron chi connectivity index (χ0n) is 6.88. The van der Waals surface area contributed by atoms with Gasteiger partial charge in [0.05, 0.1) is 0 Å². The number of primary amides is 1. The Bertz CT molecular complexity index is 193. The van der Waals surface area contributed by atoms with Gasteiger partial charge in [0, 0.05) is 25.3 Å². The molecule has 0 unspecified atom stereocenters. The normalized spacial score (nSPS) is 16.5. The number of thioether (sulfide) groups is 1. The number of nitrogens with one attached hydrogen (secondary N) is 1. The molecule has 0 atom stereocenters. The summed E-state index contributed by atoms with van der Waals surface area (Å²) in [4.78, 5) is 14.6. The summed E-state index contributed by atoms with van der Waals surface area (Å²) in [6, 6.07) is 0. The molecule has 0 spiro atoms. The highest BCUT2D eigenvalue weighted by atomic mass is 32.2. The van der Waals surface area contributed by atoms with Gasteiger partial charge in [-0.1, -0.05) is 11.8 Å². The van der Waals surface area contributed by atoms with E-state index >= 15 is 0 Å². The van der Waals surface area contributed by atoms with Gasteiger partial charge >= 0.3 is 0 Å². The summed E-state index contributed by atoms with van der Waals surface area (Å²) in [6.07, 6.45) is 1.52. The van der Waals surface area contributed by atoms with Crippen LogP contribution in [0.2, 0.25) is 0 Å². The number of nitrogens with two attached hydrogens (primary N) is 1. The van der Waals surface area contributed by atoms with E-state index in [1.54, 1.807) is 11.8 Å². The number of hydrogen-bond donors (Lipinski definition) is 2. The monoisotopic (exact) mass is 187 g/mol. The average molecular weight is 187 g/mol. The van der Waals surface area contributed by atoms with Gasteiger partial charge in [-0.25, -0.2) is 0 Å². The Balaban J connectivity index is 2.13. The number of nitrogens with zero attached hydrogens (tertiary/aromatic N) is 1. The maximum Gasteiger partial charge on any atom is 0.218 e. The van der Waals surface area contributed by atoms with E-state index in [1.165, 1.54) is 0 Å². The Hall–Kier alpha value is -0.710. The van der Waals surface area contributed by atoms with Crippen LogP contribution < -0.4 is 11.1 Å². The molecule has 1 amide bonds. The Labute approximate surface area is 76.0 Å². The fourth-order valence-corrected chi connectivity index (χ4v) is 1.74. The van der Waals surface area contributed by atoms with E-state index < -0.39 is 0 Å². The highest BCUT2D eigenvalue weighted by Crippen LogP contribution is 2.06. The third kappa shape index (κ3) is 3.61. The van der Waals surface area contributed by atoms with E-state index in [2.05, 4.69) is 10.3 Å². The molecule has 0 aromatic heterocycles. The van der Waals surface area contributed by atoms with Crippen molar-refractivity contribution in [3.05, 3.63) is 0 Å². The van der Waals surface area contributed by atoms with Crippen LogP contribution in [0.4, 0.5) is 0 Å². The molecule has 0 radical (unpaired) electrons. The minimum atomic E-state index is -0.251. The number of aliphatic imine (C=N–C) groups is 1. The van der Waals surface area contributed by atoms with Crippen molar-refractivity contribution in [2.45, 2.75) is 12.8 Å². The lowest BCUT2D eigenvalue weighted by Crippen LogP contribution is -2.27. The van der Waals surface area contributed by atoms with Crippen LogP contribution in [0, 0.1) is 0 Å². The van der Waals surface area contributed by atoms with Gasteiger partial charge in [-0.15, -0.1) is 0 Å². The largest absolute Gasteiger partial charge is 0.370 e. The first-order chi connectivity index (χ1) is 5.79. The van der Waals surface area contributed by atoms with Gasteiger partial charge < -0.3 is 11.1 Å². The molecule has 4 nitrogen and oxygen atoms in total. The number of carbonyl (C=O) groups excluding carboxylic acids is 1. The van der Waals surface area contributed by atoms with Gasteiger partial charge in [0.15, 0.2) is 5.17 Å². The topological polar surface area (TPSA) is 67.5 Å². The lowest BCUT2D eigenvalue weighted by atomic mass is 10.4. The maximum atomic E-state index is 10.4. The van der Waals surface area contributed by atoms with Crippen LogP contribution in [0.1, 0.15) is 12.8 Å². The van der Waals surface area contributed by atoms with Crippen molar-refractivity contribution < 1.29 is 4.79 Å². The fraction of sp³-hybridized carbons (Fsp3) is 0.714. The molecule has 1 aliphatic rings. The highest BCUT2D eigenvalue weighted by Gasteiger charge is 2.04. The molecular formula is C7H13N3OS. The van der Waals surface area contributed by atoms with Crippen molar-refractivity contribution in [3.63, 3.8) is 0 Å². The average Bonchev–Trinajstić information content (AvgIpc) is 2.05. The summed E-state index contributed by atoms with van der Waals surface area (Å²) in [7, 11) is 0. The van der Waals surface area contributed by atoms with Gasteiger partial charge in [-0.2, -0.15) is 0 Å². The van der Waals surface area contributed by atoms with Crippen LogP contribution in [0.3, 0.4) is 0 Å². The Kier molecular flexibility index (Phi) is 3.93. The van der Waals surface area contributed by atoms with Crippen molar-refractivity contribution in [3.8, 4) is 0 Å². The Morgan fingerprint density at radius 2 is 2.58 bits per heavy atom. The second-order valence-corrected chi connectivity index (χ2v) is 3.62. The van der Waals surface area contributed by atoms with E-state index in [1.807, 2.05) is 0 Å². The molecule has 3 N–H and O–H groups in total. The van der Waals surface area contributed by atoms with Crippen molar-refractivity contribution in [1.29, 1.82) is 0 Å². The molecule has 0 saturated heterocycles. The van der Waals surface area contributed by atoms with Crippen LogP contribution in [0.25, 0.3) is 0 Å². The molecule has 5 heteroatoms. The third-order valence-corrected chi connectivity index (χ3v) is 2.41. The molecule has 1 heterocycles. The summed E-state index contributed by atoms with van der Waals surface area (Å²) in [6.45, 7) is 1.88. The van der Waals surface area contributed by atoms with E-state index in [9.17, 15) is 4.79 Å². The molecule has 0 bridgehead atoms. The van der Waals surface area contributed by atoms with Gasteiger partial charge in [0.1, 0.15) is 0 Å². The smallest absolute Gasteiger partial charge is 0.218 e. The summed E-state index contributed by atoms with van der Waals surface area (Å²) in [5, 5.41) is 4.10. The van der Waals surface area contributed by atoms with Gasteiger partial charge in [0.2, 0.25) is 5.91 Å². The third-order valence-electron chi connectivity index (χ3n) is 1.45. The standard InChI is InChI=1S/C7H13N3OS/c8-6(11)2-5-12-7-9-3-1-4-10-7/h1-5H2,(H2,8,11)(H,9,10). The molecule has 68 valence electrons. The van der Waals surface area contributed by atoms with Crippen LogP contribution in [-0.2, 0) is 4.79 Å². The zero-order valence-corrected chi connectivity index (χ0v) is 7.69. The molecule has 0 aromatic rings. The van der Waals surface area contributed by atoms with Crippen molar-refractivity contribution in [2.75, 3.05) is 18.8 Å². The lowest BCUT2D eigenvalue weighted by Gasteiger charge is -2.12.